The zero-order valence-electron chi connectivity index (χ0n) is 33.6. The van der Waals surface area contributed by atoms with E-state index in [1.54, 1.807) is 65.7 Å². The number of pyridine rings is 1. The lowest BCUT2D eigenvalue weighted by Gasteiger charge is -2.29. The molecule has 5 N–H and O–H groups in total. The third-order valence-electron chi connectivity index (χ3n) is 9.40. The van der Waals surface area contributed by atoms with Crippen LogP contribution in [0.5, 0.6) is 23.0 Å². The zero-order valence-corrected chi connectivity index (χ0v) is 34.4. The van der Waals surface area contributed by atoms with Gasteiger partial charge >= 0.3 is 6.03 Å². The van der Waals surface area contributed by atoms with Crippen molar-refractivity contribution >= 4 is 67.2 Å². The smallest absolute Gasteiger partial charge is 0.324 e. The molecule has 0 bridgehead atoms. The summed E-state index contributed by atoms with van der Waals surface area (Å²) in [5.41, 5.74) is 7.92. The lowest BCUT2D eigenvalue weighted by atomic mass is 9.86. The Bertz CT molecular complexity index is 2500. The summed E-state index contributed by atoms with van der Waals surface area (Å²) in [7, 11) is -0.861. The summed E-state index contributed by atoms with van der Waals surface area (Å²) >= 11 is 0. The highest BCUT2D eigenvalue weighted by Crippen LogP contribution is 2.46. The van der Waals surface area contributed by atoms with Gasteiger partial charge in [0, 0.05) is 53.4 Å². The number of carbonyl (C=O) groups excluding carboxylic acids is 3. The monoisotopic (exact) mass is 825 g/mol. The number of fused-ring (bicyclic) bond motifs is 1. The molecule has 310 valence electrons. The largest absolute Gasteiger partial charge is 0.497 e. The van der Waals surface area contributed by atoms with Crippen LogP contribution in [0, 0.1) is 0 Å². The average molecular weight is 826 g/mol. The SMILES string of the molecule is COc1cc(Nc2cc(Oc3ccc(N(C(N)=O)c4cc(C(C)(C)C)cc(NS(C)(=O)=O)c4OC)c4ccccc34)ccn2)cc(C(=O)NCC(=O)N2CCOCC2)c1. The highest BCUT2D eigenvalue weighted by atomic mass is 32.2. The lowest BCUT2D eigenvalue weighted by molar-refractivity contribution is -0.134. The summed E-state index contributed by atoms with van der Waals surface area (Å²) in [6.07, 6.45) is 2.59. The predicted octanol–water partition coefficient (Wildman–Crippen LogP) is 6.26. The molecule has 0 spiro atoms. The first kappa shape index (κ1) is 42.0. The molecule has 16 nitrogen and oxygen atoms in total. The number of primary amides is 1. The van der Waals surface area contributed by atoms with Gasteiger partial charge in [-0.15, -0.1) is 0 Å². The van der Waals surface area contributed by atoms with Crippen LogP contribution >= 0.6 is 0 Å². The summed E-state index contributed by atoms with van der Waals surface area (Å²) in [4.78, 5) is 46.5. The Morgan fingerprint density at radius 2 is 1.63 bits per heavy atom. The van der Waals surface area contributed by atoms with E-state index in [2.05, 4.69) is 20.3 Å². The van der Waals surface area contributed by atoms with Crippen LogP contribution in [-0.2, 0) is 25.0 Å². The number of nitrogens with one attached hydrogen (secondary N) is 3. The summed E-state index contributed by atoms with van der Waals surface area (Å²) in [5.74, 6) is 1.14. The number of nitrogens with zero attached hydrogens (tertiary/aromatic N) is 3. The number of rotatable bonds is 13. The first-order valence-electron chi connectivity index (χ1n) is 18.6. The third kappa shape index (κ3) is 10.1. The van der Waals surface area contributed by atoms with Gasteiger partial charge in [0.15, 0.2) is 5.75 Å². The molecule has 6 rings (SSSR count). The predicted molar refractivity (Wildman–Crippen MR) is 226 cm³/mol. The zero-order chi connectivity index (χ0) is 42.5. The van der Waals surface area contributed by atoms with Crippen molar-refractivity contribution in [1.82, 2.24) is 15.2 Å². The second-order valence-corrected chi connectivity index (χ2v) is 16.5. The van der Waals surface area contributed by atoms with Gasteiger partial charge in [-0.1, -0.05) is 45.0 Å². The van der Waals surface area contributed by atoms with Crippen molar-refractivity contribution in [3.63, 3.8) is 0 Å². The standard InChI is InChI=1S/C42H47N7O9S/c1-42(2,3)27-21-33(47-59(6,53)54)39(56-5)35(22-27)49(41(43)52)34-11-12-36(32-10-8-7-9-31(32)34)58-29-13-14-44-37(24-29)46-28-19-26(20-30(23-28)55-4)40(51)45-25-38(50)48-15-17-57-18-16-48/h7-14,19-24,47H,15-18,25H2,1-6H3,(H2,43,52)(H,44,46)(H,45,51). The van der Waals surface area contributed by atoms with Crippen molar-refractivity contribution in [3.05, 3.63) is 96.2 Å². The first-order chi connectivity index (χ1) is 28.0. The molecule has 5 aromatic rings. The Balaban J connectivity index is 1.29. The number of nitrogens with two attached hydrogens (primary N) is 1. The van der Waals surface area contributed by atoms with Gasteiger partial charge in [-0.05, 0) is 53.4 Å². The van der Waals surface area contributed by atoms with Gasteiger partial charge in [0.2, 0.25) is 15.9 Å². The minimum Gasteiger partial charge on any atom is -0.497 e. The second-order valence-electron chi connectivity index (χ2n) is 14.7. The van der Waals surface area contributed by atoms with Crippen molar-refractivity contribution in [2.24, 2.45) is 5.73 Å². The fourth-order valence-electron chi connectivity index (χ4n) is 6.53. The molecule has 0 saturated carbocycles. The molecule has 1 saturated heterocycles. The number of amides is 4. The van der Waals surface area contributed by atoms with Gasteiger partial charge in [-0.2, -0.15) is 0 Å². The second kappa shape index (κ2) is 17.5. The maximum absolute atomic E-state index is 13.4. The van der Waals surface area contributed by atoms with Crippen molar-refractivity contribution < 1.29 is 41.7 Å². The highest BCUT2D eigenvalue weighted by molar-refractivity contribution is 7.92. The summed E-state index contributed by atoms with van der Waals surface area (Å²) in [6.45, 7) is 7.61. The summed E-state index contributed by atoms with van der Waals surface area (Å²) in [5, 5.41) is 7.13. The molecule has 1 aromatic heterocycles. The molecule has 1 aliphatic heterocycles. The van der Waals surface area contributed by atoms with Crippen LogP contribution in [0.3, 0.4) is 0 Å². The summed E-state index contributed by atoms with van der Waals surface area (Å²) in [6, 6.07) is 21.5. The van der Waals surface area contributed by atoms with Crippen LogP contribution in [0.15, 0.2) is 85.1 Å². The Hall–Kier alpha value is -6.59. The number of anilines is 5. The van der Waals surface area contributed by atoms with Crippen LogP contribution < -0.4 is 40.2 Å². The first-order valence-corrected chi connectivity index (χ1v) is 20.5. The number of carbonyl (C=O) groups is 3. The van der Waals surface area contributed by atoms with Gasteiger partial charge in [0.05, 0.1) is 57.3 Å². The number of methoxy groups -OCH3 is 2. The molecule has 59 heavy (non-hydrogen) atoms. The maximum Gasteiger partial charge on any atom is 0.324 e. The third-order valence-corrected chi connectivity index (χ3v) is 9.99. The van der Waals surface area contributed by atoms with E-state index in [1.807, 2.05) is 45.0 Å². The van der Waals surface area contributed by atoms with Crippen molar-refractivity contribution in [1.29, 1.82) is 0 Å². The van der Waals surface area contributed by atoms with E-state index in [0.29, 0.717) is 71.5 Å². The Morgan fingerprint density at radius 1 is 0.898 bits per heavy atom. The molecular formula is C42H47N7O9S. The highest BCUT2D eigenvalue weighted by Gasteiger charge is 2.28. The van der Waals surface area contributed by atoms with Crippen molar-refractivity contribution in [3.8, 4) is 23.0 Å². The van der Waals surface area contributed by atoms with Gasteiger partial charge in [0.1, 0.15) is 23.1 Å². The van der Waals surface area contributed by atoms with E-state index >= 15 is 0 Å². The Kier molecular flexibility index (Phi) is 12.5. The van der Waals surface area contributed by atoms with Crippen molar-refractivity contribution in [2.75, 3.05) is 68.3 Å². The normalized spacial score (nSPS) is 13.0. The van der Waals surface area contributed by atoms with Gasteiger partial charge in [-0.25, -0.2) is 18.2 Å². The molecule has 0 aliphatic carbocycles. The molecular weight excluding hydrogens is 779 g/mol. The van der Waals surface area contributed by atoms with E-state index in [9.17, 15) is 22.8 Å². The quantitative estimate of drug-likeness (QED) is 0.104. The molecule has 0 radical (unpaired) electrons. The van der Waals surface area contributed by atoms with Gasteiger partial charge in [-0.3, -0.25) is 19.2 Å². The molecule has 4 aromatic carbocycles. The van der Waals surface area contributed by atoms with Crippen LogP contribution in [0.2, 0.25) is 0 Å². The number of urea groups is 1. The molecule has 0 atom stereocenters. The minimum absolute atomic E-state index is 0.103. The molecule has 17 heteroatoms. The van der Waals surface area contributed by atoms with E-state index in [1.165, 1.54) is 19.1 Å². The number of sulfonamides is 1. The fourth-order valence-corrected chi connectivity index (χ4v) is 7.08. The van der Waals surface area contributed by atoms with E-state index in [4.69, 9.17) is 24.7 Å². The van der Waals surface area contributed by atoms with Crippen LogP contribution in [0.4, 0.5) is 33.4 Å². The molecule has 0 unspecified atom stereocenters. The molecule has 4 amide bonds. The fraction of sp³-hybridized carbons (Fsp3) is 0.286. The van der Waals surface area contributed by atoms with E-state index in [0.717, 1.165) is 11.8 Å². The van der Waals surface area contributed by atoms with Crippen LogP contribution in [0.1, 0.15) is 36.7 Å². The maximum atomic E-state index is 13.4. The number of morpholine rings is 1. The number of ether oxygens (including phenoxy) is 4. The summed E-state index contributed by atoms with van der Waals surface area (Å²) < 4.78 is 50.2. The molecule has 2 heterocycles. The number of hydrogen-bond donors (Lipinski definition) is 4. The van der Waals surface area contributed by atoms with E-state index in [-0.39, 0.29) is 35.1 Å². The van der Waals surface area contributed by atoms with Crippen LogP contribution in [0.25, 0.3) is 10.8 Å². The van der Waals surface area contributed by atoms with Crippen molar-refractivity contribution in [2.45, 2.75) is 26.2 Å². The number of aromatic nitrogens is 1. The lowest BCUT2D eigenvalue weighted by Crippen LogP contribution is -2.45. The van der Waals surface area contributed by atoms with Gasteiger partial charge < -0.3 is 40.2 Å². The average Bonchev–Trinajstić information content (AvgIpc) is 3.19. The Labute approximate surface area is 342 Å². The number of benzene rings is 4. The van der Waals surface area contributed by atoms with E-state index < -0.39 is 27.4 Å². The molecule has 1 fully saturated rings. The van der Waals surface area contributed by atoms with Gasteiger partial charge in [0.25, 0.3) is 5.91 Å². The number of hydrogen-bond acceptors (Lipinski definition) is 11. The Morgan fingerprint density at radius 3 is 2.29 bits per heavy atom. The molecule has 1 aliphatic rings. The van der Waals surface area contributed by atoms with Crippen LogP contribution in [-0.4, -0.2) is 89.5 Å². The minimum atomic E-state index is -3.73. The topological polar surface area (TPSA) is 204 Å².